The maximum Gasteiger partial charge on any atom is 0.203 e. The Bertz CT molecular complexity index is 359. The lowest BCUT2D eigenvalue weighted by Crippen LogP contribution is -1.99. The summed E-state index contributed by atoms with van der Waals surface area (Å²) in [6.45, 7) is 0.0928. The SMILES string of the molecule is O=[C]CCCCC=CCC=CCC=CCCCCC[N+](=O)[O-]. The summed E-state index contributed by atoms with van der Waals surface area (Å²) >= 11 is 0. The minimum atomic E-state index is -0.251. The molecule has 0 unspecified atom stereocenters. The zero-order valence-corrected chi connectivity index (χ0v) is 13.4. The first-order valence-electron chi connectivity index (χ1n) is 8.19. The number of rotatable bonds is 15. The van der Waals surface area contributed by atoms with Crippen molar-refractivity contribution in [3.05, 3.63) is 46.6 Å². The molecule has 0 aromatic heterocycles. The first kappa shape index (κ1) is 20.3. The van der Waals surface area contributed by atoms with E-state index in [4.69, 9.17) is 0 Å². The maximum absolute atomic E-state index is 10.1. The summed E-state index contributed by atoms with van der Waals surface area (Å²) in [6, 6.07) is 0. The van der Waals surface area contributed by atoms with Gasteiger partial charge >= 0.3 is 0 Å². The smallest absolute Gasteiger partial charge is 0.203 e. The second-order valence-corrected chi connectivity index (χ2v) is 5.18. The Kier molecular flexibility index (Phi) is 16.0. The molecule has 4 heteroatoms. The fourth-order valence-corrected chi connectivity index (χ4v) is 1.92. The molecule has 0 saturated carbocycles. The Morgan fingerprint density at radius 2 is 1.32 bits per heavy atom. The number of hydrogen-bond donors (Lipinski definition) is 0. The van der Waals surface area contributed by atoms with E-state index in [0.717, 1.165) is 51.4 Å². The van der Waals surface area contributed by atoms with Crippen LogP contribution in [0.5, 0.6) is 0 Å². The third kappa shape index (κ3) is 18.3. The fraction of sp³-hybridized carbons (Fsp3) is 0.611. The van der Waals surface area contributed by atoms with Crippen LogP contribution in [0.2, 0.25) is 0 Å². The highest BCUT2D eigenvalue weighted by molar-refractivity contribution is 5.50. The Hall–Kier alpha value is -1.71. The van der Waals surface area contributed by atoms with E-state index >= 15 is 0 Å². The van der Waals surface area contributed by atoms with Gasteiger partial charge < -0.3 is 0 Å². The quantitative estimate of drug-likeness (QED) is 0.186. The topological polar surface area (TPSA) is 60.2 Å². The molecule has 4 nitrogen and oxygen atoms in total. The Balaban J connectivity index is 3.31. The molecule has 0 N–H and O–H groups in total. The molecule has 0 amide bonds. The van der Waals surface area contributed by atoms with Gasteiger partial charge in [0.05, 0.1) is 0 Å². The monoisotopic (exact) mass is 306 g/mol. The van der Waals surface area contributed by atoms with Gasteiger partial charge in [0.25, 0.3) is 0 Å². The summed E-state index contributed by atoms with van der Waals surface area (Å²) in [5, 5.41) is 10.1. The molecule has 0 fully saturated rings. The third-order valence-corrected chi connectivity index (χ3v) is 3.16. The fourth-order valence-electron chi connectivity index (χ4n) is 1.92. The zero-order valence-electron chi connectivity index (χ0n) is 13.4. The molecular weight excluding hydrogens is 278 g/mol. The van der Waals surface area contributed by atoms with Crippen LogP contribution in [0.4, 0.5) is 0 Å². The third-order valence-electron chi connectivity index (χ3n) is 3.16. The summed E-state index contributed by atoms with van der Waals surface area (Å²) in [7, 11) is 0. The molecule has 22 heavy (non-hydrogen) atoms. The number of hydrogen-bond acceptors (Lipinski definition) is 3. The first-order valence-corrected chi connectivity index (χ1v) is 8.19. The van der Waals surface area contributed by atoms with Gasteiger partial charge in [-0.05, 0) is 51.4 Å². The Labute approximate surface area is 134 Å². The molecule has 0 aliphatic carbocycles. The minimum absolute atomic E-state index is 0.0928. The molecule has 0 spiro atoms. The number of nitrogens with zero attached hydrogens (tertiary/aromatic N) is 1. The van der Waals surface area contributed by atoms with Gasteiger partial charge in [-0.1, -0.05) is 36.5 Å². The van der Waals surface area contributed by atoms with E-state index in [2.05, 4.69) is 36.5 Å². The van der Waals surface area contributed by atoms with Crippen LogP contribution in [0, 0.1) is 10.1 Å². The Morgan fingerprint density at radius 3 is 1.86 bits per heavy atom. The van der Waals surface area contributed by atoms with Crippen molar-refractivity contribution in [1.29, 1.82) is 0 Å². The Morgan fingerprint density at radius 1 is 0.773 bits per heavy atom. The van der Waals surface area contributed by atoms with Crippen molar-refractivity contribution >= 4 is 6.29 Å². The second kappa shape index (κ2) is 17.3. The van der Waals surface area contributed by atoms with E-state index in [1.165, 1.54) is 0 Å². The minimum Gasteiger partial charge on any atom is -0.291 e. The van der Waals surface area contributed by atoms with Gasteiger partial charge in [0.2, 0.25) is 6.54 Å². The van der Waals surface area contributed by atoms with Gasteiger partial charge in [0.15, 0.2) is 6.29 Å². The van der Waals surface area contributed by atoms with Crippen LogP contribution in [-0.4, -0.2) is 17.8 Å². The standard InChI is InChI=1S/C18H28NO3/c20-18-16-14-12-10-8-6-4-2-1-3-5-7-9-11-13-15-17-19(21)22/h1-2,5-8H,3-4,9-17H2. The van der Waals surface area contributed by atoms with E-state index < -0.39 is 0 Å². The summed E-state index contributed by atoms with van der Waals surface area (Å²) < 4.78 is 0. The summed E-state index contributed by atoms with van der Waals surface area (Å²) in [5.41, 5.74) is 0. The molecule has 0 aromatic rings. The van der Waals surface area contributed by atoms with Crippen molar-refractivity contribution in [1.82, 2.24) is 0 Å². The van der Waals surface area contributed by atoms with Crippen LogP contribution in [0.1, 0.15) is 64.2 Å². The van der Waals surface area contributed by atoms with E-state index in [-0.39, 0.29) is 11.5 Å². The van der Waals surface area contributed by atoms with Gasteiger partial charge in [-0.3, -0.25) is 14.9 Å². The predicted molar refractivity (Wildman–Crippen MR) is 91.1 cm³/mol. The predicted octanol–water partition coefficient (Wildman–Crippen LogP) is 4.94. The molecule has 0 aliphatic heterocycles. The molecule has 0 aliphatic rings. The molecule has 0 bridgehead atoms. The van der Waals surface area contributed by atoms with Crippen LogP contribution in [-0.2, 0) is 4.79 Å². The van der Waals surface area contributed by atoms with E-state index in [0.29, 0.717) is 12.8 Å². The average Bonchev–Trinajstić information content (AvgIpc) is 2.50. The lowest BCUT2D eigenvalue weighted by atomic mass is 10.1. The van der Waals surface area contributed by atoms with Gasteiger partial charge in [-0.15, -0.1) is 0 Å². The lowest BCUT2D eigenvalue weighted by Gasteiger charge is -1.93. The van der Waals surface area contributed by atoms with E-state index in [1.54, 1.807) is 0 Å². The van der Waals surface area contributed by atoms with Crippen molar-refractivity contribution < 1.29 is 9.72 Å². The zero-order chi connectivity index (χ0) is 16.3. The molecule has 123 valence electrons. The van der Waals surface area contributed by atoms with Crippen molar-refractivity contribution in [3.63, 3.8) is 0 Å². The molecule has 0 saturated heterocycles. The number of carbonyl (C=O) groups excluding carboxylic acids is 1. The largest absolute Gasteiger partial charge is 0.291 e. The number of unbranched alkanes of at least 4 members (excludes halogenated alkanes) is 6. The summed E-state index contributed by atoms with van der Waals surface area (Å²) in [5.74, 6) is 0. The summed E-state index contributed by atoms with van der Waals surface area (Å²) in [4.78, 5) is 19.9. The van der Waals surface area contributed by atoms with Crippen LogP contribution < -0.4 is 0 Å². The molecule has 0 atom stereocenters. The van der Waals surface area contributed by atoms with Gasteiger partial charge in [-0.25, -0.2) is 0 Å². The molecule has 0 rings (SSSR count). The number of allylic oxidation sites excluding steroid dienone is 6. The first-order chi connectivity index (χ1) is 10.8. The van der Waals surface area contributed by atoms with Crippen molar-refractivity contribution in [2.45, 2.75) is 64.2 Å². The van der Waals surface area contributed by atoms with Crippen LogP contribution >= 0.6 is 0 Å². The normalized spacial score (nSPS) is 11.8. The second-order valence-electron chi connectivity index (χ2n) is 5.18. The van der Waals surface area contributed by atoms with Crippen molar-refractivity contribution in [2.24, 2.45) is 0 Å². The highest BCUT2D eigenvalue weighted by Crippen LogP contribution is 2.02. The summed E-state index contributed by atoms with van der Waals surface area (Å²) in [6.07, 6.45) is 23.9. The lowest BCUT2D eigenvalue weighted by molar-refractivity contribution is -0.480. The maximum atomic E-state index is 10.1. The van der Waals surface area contributed by atoms with Crippen molar-refractivity contribution in [3.8, 4) is 0 Å². The molecule has 0 aromatic carbocycles. The average molecular weight is 306 g/mol. The molecule has 1 radical (unpaired) electrons. The number of nitro groups is 1. The van der Waals surface area contributed by atoms with E-state index in [1.807, 2.05) is 6.29 Å². The van der Waals surface area contributed by atoms with Crippen LogP contribution in [0.15, 0.2) is 36.5 Å². The van der Waals surface area contributed by atoms with Crippen LogP contribution in [0.3, 0.4) is 0 Å². The van der Waals surface area contributed by atoms with E-state index in [9.17, 15) is 14.9 Å². The van der Waals surface area contributed by atoms with Gasteiger partial charge in [0.1, 0.15) is 0 Å². The van der Waals surface area contributed by atoms with Gasteiger partial charge in [0, 0.05) is 17.8 Å². The van der Waals surface area contributed by atoms with Crippen molar-refractivity contribution in [2.75, 3.05) is 6.54 Å². The highest BCUT2D eigenvalue weighted by Gasteiger charge is 1.94. The molecular formula is C18H28NO3. The van der Waals surface area contributed by atoms with Crippen LogP contribution in [0.25, 0.3) is 0 Å². The molecule has 0 heterocycles. The highest BCUT2D eigenvalue weighted by atomic mass is 16.6. The van der Waals surface area contributed by atoms with Gasteiger partial charge in [-0.2, -0.15) is 0 Å².